The molecule has 0 amide bonds. The first-order valence-electron chi connectivity index (χ1n) is 4.10. The molecule has 0 radical (unpaired) electrons. The fourth-order valence-electron chi connectivity index (χ4n) is 0.574. The van der Waals surface area contributed by atoms with Crippen LogP contribution in [0.25, 0.3) is 0 Å². The molecule has 0 fully saturated rings. The summed E-state index contributed by atoms with van der Waals surface area (Å²) in [6, 6.07) is 8.06. The molecule has 0 aliphatic carbocycles. The zero-order valence-electron chi connectivity index (χ0n) is 10.0. The van der Waals surface area contributed by atoms with Crippen molar-refractivity contribution in [1.82, 2.24) is 0 Å². The Labute approximate surface area is 143 Å². The summed E-state index contributed by atoms with van der Waals surface area (Å²) in [6.07, 6.45) is -1.34. The Bertz CT molecular complexity index is 327. The van der Waals surface area contributed by atoms with Crippen LogP contribution in [0.5, 0.6) is 0 Å². The van der Waals surface area contributed by atoms with Crippen LogP contribution < -0.4 is 69.3 Å². The molecule has 0 aliphatic heterocycles. The number of hydrogen-bond donors (Lipinski definition) is 1. The van der Waals surface area contributed by atoms with E-state index in [2.05, 4.69) is 0 Å². The van der Waals surface area contributed by atoms with Crippen molar-refractivity contribution in [3.63, 3.8) is 0 Å². The molecule has 0 bridgehead atoms. The second kappa shape index (κ2) is 12.6. The van der Waals surface area contributed by atoms with Crippen LogP contribution in [0.3, 0.4) is 0 Å². The van der Waals surface area contributed by atoms with Crippen molar-refractivity contribution in [3.05, 3.63) is 35.9 Å². The first kappa shape index (κ1) is 22.3. The van der Waals surface area contributed by atoms with E-state index in [-0.39, 0.29) is 64.7 Å². The zero-order chi connectivity index (χ0) is 11.8. The van der Waals surface area contributed by atoms with Gasteiger partial charge in [0.25, 0.3) is 0 Å². The summed E-state index contributed by atoms with van der Waals surface area (Å²) in [5.74, 6) is -2.56. The number of hydrogen-bond acceptors (Lipinski definition) is 5. The maximum Gasteiger partial charge on any atom is 1.00 e. The van der Waals surface area contributed by atoms with Crippen molar-refractivity contribution in [3.8, 4) is 0 Å². The maximum atomic E-state index is 10.1. The SMILES string of the molecule is CC(O)C(=O)[O-].O=C([O-])c1ccccc1.[Na+].[Na+]. The Kier molecular flexibility index (Phi) is 16.5. The molecular weight excluding hydrogens is 246 g/mol. The summed E-state index contributed by atoms with van der Waals surface area (Å²) < 4.78 is 0. The minimum absolute atomic E-state index is 0. The summed E-state index contributed by atoms with van der Waals surface area (Å²) >= 11 is 0. The van der Waals surface area contributed by atoms with Gasteiger partial charge in [-0.05, 0) is 12.5 Å². The van der Waals surface area contributed by atoms with Gasteiger partial charge < -0.3 is 24.9 Å². The van der Waals surface area contributed by atoms with Gasteiger partial charge in [-0.3, -0.25) is 0 Å². The molecule has 1 aromatic carbocycles. The predicted octanol–water partition coefficient (Wildman–Crippen LogP) is -7.82. The third kappa shape index (κ3) is 12.4. The van der Waals surface area contributed by atoms with Crippen molar-refractivity contribution < 1.29 is 84.0 Å². The van der Waals surface area contributed by atoms with E-state index in [0.29, 0.717) is 0 Å². The molecule has 0 aliphatic rings. The van der Waals surface area contributed by atoms with Crippen LogP contribution in [0.15, 0.2) is 30.3 Å². The zero-order valence-corrected chi connectivity index (χ0v) is 14.0. The number of benzene rings is 1. The summed E-state index contributed by atoms with van der Waals surface area (Å²) in [6.45, 7) is 1.13. The van der Waals surface area contributed by atoms with E-state index >= 15 is 0 Å². The number of aromatic carboxylic acids is 1. The fraction of sp³-hybridized carbons (Fsp3) is 0.200. The number of aliphatic hydroxyl groups excluding tert-OH is 1. The van der Waals surface area contributed by atoms with Gasteiger partial charge in [-0.25, -0.2) is 0 Å². The van der Waals surface area contributed by atoms with Crippen LogP contribution in [0.2, 0.25) is 0 Å². The molecule has 1 atom stereocenters. The van der Waals surface area contributed by atoms with E-state index in [1.165, 1.54) is 12.1 Å². The van der Waals surface area contributed by atoms with Crippen LogP contribution in [-0.4, -0.2) is 23.1 Å². The monoisotopic (exact) mass is 256 g/mol. The minimum Gasteiger partial charge on any atom is -0.547 e. The molecule has 7 heteroatoms. The second-order valence-corrected chi connectivity index (χ2v) is 2.65. The molecule has 82 valence electrons. The Hall–Kier alpha value is 0.120. The van der Waals surface area contributed by atoms with E-state index in [1.807, 2.05) is 0 Å². The Morgan fingerprint density at radius 1 is 1.12 bits per heavy atom. The molecule has 1 unspecified atom stereocenters. The molecule has 0 heterocycles. The average Bonchev–Trinajstić information content (AvgIpc) is 2.20. The summed E-state index contributed by atoms with van der Waals surface area (Å²) in [7, 11) is 0. The van der Waals surface area contributed by atoms with Crippen molar-refractivity contribution in [2.75, 3.05) is 0 Å². The first-order chi connectivity index (χ1) is 6.95. The van der Waals surface area contributed by atoms with Gasteiger partial charge in [0.1, 0.15) is 0 Å². The Morgan fingerprint density at radius 2 is 1.47 bits per heavy atom. The van der Waals surface area contributed by atoms with Crippen LogP contribution in [0.4, 0.5) is 0 Å². The van der Waals surface area contributed by atoms with Gasteiger partial charge in [-0.2, -0.15) is 0 Å². The Balaban J connectivity index is -0.000000221. The van der Waals surface area contributed by atoms with Crippen molar-refractivity contribution in [1.29, 1.82) is 0 Å². The summed E-state index contributed by atoms with van der Waals surface area (Å²) in [4.78, 5) is 19.4. The van der Waals surface area contributed by atoms with E-state index in [0.717, 1.165) is 6.92 Å². The molecule has 0 saturated carbocycles. The first-order valence-corrected chi connectivity index (χ1v) is 4.10. The number of aliphatic carboxylic acids is 1. The number of carboxylic acid groups (broad SMARTS) is 2. The Morgan fingerprint density at radius 3 is 1.65 bits per heavy atom. The number of carbonyl (C=O) groups is 2. The molecule has 1 aromatic rings. The number of aliphatic hydroxyl groups is 1. The van der Waals surface area contributed by atoms with Crippen molar-refractivity contribution in [2.24, 2.45) is 0 Å². The van der Waals surface area contributed by atoms with Gasteiger partial charge in [0.15, 0.2) is 0 Å². The van der Waals surface area contributed by atoms with E-state index < -0.39 is 18.0 Å². The van der Waals surface area contributed by atoms with Gasteiger partial charge >= 0.3 is 59.1 Å². The van der Waals surface area contributed by atoms with E-state index in [9.17, 15) is 19.8 Å². The van der Waals surface area contributed by atoms with Gasteiger partial charge in [0, 0.05) is 0 Å². The molecule has 1 N–H and O–H groups in total. The van der Waals surface area contributed by atoms with Crippen molar-refractivity contribution in [2.45, 2.75) is 13.0 Å². The van der Waals surface area contributed by atoms with Gasteiger partial charge in [-0.1, -0.05) is 30.3 Å². The van der Waals surface area contributed by atoms with Gasteiger partial charge in [0.2, 0.25) is 0 Å². The molecule has 0 spiro atoms. The topological polar surface area (TPSA) is 100 Å². The third-order valence-corrected chi connectivity index (χ3v) is 1.35. The van der Waals surface area contributed by atoms with Crippen LogP contribution >= 0.6 is 0 Å². The quantitative estimate of drug-likeness (QED) is 0.530. The van der Waals surface area contributed by atoms with Gasteiger partial charge in [0.05, 0.1) is 18.0 Å². The van der Waals surface area contributed by atoms with E-state index in [4.69, 9.17) is 5.11 Å². The largest absolute Gasteiger partial charge is 1.00 e. The fourth-order valence-corrected chi connectivity index (χ4v) is 0.574. The number of carboxylic acids is 2. The normalized spacial score (nSPS) is 9.53. The molecule has 0 saturated heterocycles. The number of carbonyl (C=O) groups excluding carboxylic acids is 2. The molecule has 5 nitrogen and oxygen atoms in total. The predicted molar refractivity (Wildman–Crippen MR) is 47.5 cm³/mol. The van der Waals surface area contributed by atoms with Gasteiger partial charge in [-0.15, -0.1) is 0 Å². The summed E-state index contributed by atoms with van der Waals surface area (Å²) in [5.41, 5.74) is 0.220. The van der Waals surface area contributed by atoms with Crippen LogP contribution in [0.1, 0.15) is 17.3 Å². The van der Waals surface area contributed by atoms with E-state index in [1.54, 1.807) is 18.2 Å². The molecular formula is C10H10Na2O5. The molecule has 1 rings (SSSR count). The minimum atomic E-state index is -1.44. The third-order valence-electron chi connectivity index (χ3n) is 1.35. The smallest absolute Gasteiger partial charge is 0.547 e. The van der Waals surface area contributed by atoms with Crippen molar-refractivity contribution >= 4 is 11.9 Å². The second-order valence-electron chi connectivity index (χ2n) is 2.65. The number of rotatable bonds is 2. The molecule has 17 heavy (non-hydrogen) atoms. The van der Waals surface area contributed by atoms with Crippen LogP contribution in [-0.2, 0) is 4.79 Å². The van der Waals surface area contributed by atoms with Crippen LogP contribution in [0, 0.1) is 0 Å². The standard InChI is InChI=1S/C7H6O2.C3H6O3.2Na/c8-7(9)6-4-2-1-3-5-6;1-2(4)3(5)6;;/h1-5H,(H,8,9);2,4H,1H3,(H,5,6);;/q;;2*+1/p-2. The summed E-state index contributed by atoms with van der Waals surface area (Å²) in [5, 5.41) is 27.4. The average molecular weight is 256 g/mol. The molecule has 0 aromatic heterocycles. The maximum absolute atomic E-state index is 10.1.